The van der Waals surface area contributed by atoms with Crippen molar-refractivity contribution < 1.29 is 0 Å². The molecule has 0 radical (unpaired) electrons. The van der Waals surface area contributed by atoms with Crippen molar-refractivity contribution in [3.8, 4) is 0 Å². The lowest BCUT2D eigenvalue weighted by molar-refractivity contribution is 0.959. The number of halogens is 1. The average molecular weight is 763 g/mol. The van der Waals surface area contributed by atoms with Gasteiger partial charge in [-0.05, 0) is 72.2 Å². The molecule has 0 amide bonds. The lowest BCUT2D eigenvalue weighted by Crippen LogP contribution is -2.26. The van der Waals surface area contributed by atoms with E-state index in [0.29, 0.717) is 0 Å². The molecule has 3 aliphatic heterocycles. The fourth-order valence-corrected chi connectivity index (χ4v) is 5.94. The molecule has 266 valence electrons. The Balaban J connectivity index is 0.000000133. The Labute approximate surface area is 309 Å². The summed E-state index contributed by atoms with van der Waals surface area (Å²) in [7, 11) is 0. The van der Waals surface area contributed by atoms with Gasteiger partial charge in [0.1, 0.15) is 5.52 Å². The van der Waals surface area contributed by atoms with E-state index in [9.17, 15) is 0 Å². The molecule has 6 heterocycles. The number of anilines is 3. The summed E-state index contributed by atoms with van der Waals surface area (Å²) >= 11 is 3.58. The van der Waals surface area contributed by atoms with Crippen molar-refractivity contribution in [2.24, 2.45) is 15.0 Å². The van der Waals surface area contributed by atoms with Gasteiger partial charge in [-0.2, -0.15) is 0 Å². The Bertz CT molecular complexity index is 2290. The van der Waals surface area contributed by atoms with Gasteiger partial charge in [-0.3, -0.25) is 39.9 Å². The fourth-order valence-electron chi connectivity index (χ4n) is 5.42. The predicted molar refractivity (Wildman–Crippen MR) is 214 cm³/mol. The van der Waals surface area contributed by atoms with Crippen LogP contribution >= 0.6 is 15.9 Å². The van der Waals surface area contributed by atoms with Gasteiger partial charge < -0.3 is 31.9 Å². The number of hydrogen-bond donors (Lipinski definition) is 6. The Kier molecular flexibility index (Phi) is 11.6. The Morgan fingerprint density at radius 1 is 0.577 bits per heavy atom. The SMILES string of the molecule is C.Cc1c(NC2=NCCN2)ccc2nccnc12.Cc1cnc2ccc(NC3=NCCN3)c(Br)c2n1.c1cnc2cc(NC3=NCCN3)ccc2n1. The molecule has 0 bridgehead atoms. The van der Waals surface area contributed by atoms with E-state index in [1.54, 1.807) is 31.0 Å². The number of rotatable bonds is 3. The molecule has 3 aromatic heterocycles. The highest BCUT2D eigenvalue weighted by Crippen LogP contribution is 2.29. The summed E-state index contributed by atoms with van der Waals surface area (Å²) in [6, 6.07) is 13.8. The predicted octanol–water partition coefficient (Wildman–Crippen LogP) is 5.02. The molecule has 6 aromatic rings. The monoisotopic (exact) mass is 761 g/mol. The third kappa shape index (κ3) is 8.63. The highest BCUT2D eigenvalue weighted by molar-refractivity contribution is 9.10. The standard InChI is InChI=1S/C12H12BrN5.C12H13N5.C11H11N5.CH4/c1-7-6-16-9-3-2-8(10(13)11(9)17-7)18-12-14-4-5-15-12;1-8-9(17-12-15-6-7-16-12)2-3-10-11(8)14-5-4-13-10;1-2-9-10(13-4-3-12-9)7-8(1)16-11-14-5-6-15-11;/h2-3,6H,4-5H2,1H3,(H2,14,15,18);2-5H,6-7H2,1H3,(H2,15,16,17);1-4,7H,5-6H2,(H2,14,15,16);1H4. The summed E-state index contributed by atoms with van der Waals surface area (Å²) < 4.78 is 0.910. The smallest absolute Gasteiger partial charge is 0.195 e. The molecule has 0 aliphatic carbocycles. The molecular weight excluding hydrogens is 722 g/mol. The molecule has 16 heteroatoms. The summed E-state index contributed by atoms with van der Waals surface area (Å²) in [5, 5.41) is 19.2. The summed E-state index contributed by atoms with van der Waals surface area (Å²) in [5.41, 5.74) is 10.3. The number of hydrogen-bond acceptors (Lipinski definition) is 15. The number of aromatic nitrogens is 6. The van der Waals surface area contributed by atoms with Crippen LogP contribution in [0.5, 0.6) is 0 Å². The van der Waals surface area contributed by atoms with Crippen molar-refractivity contribution in [2.45, 2.75) is 21.3 Å². The molecule has 0 unspecified atom stereocenters. The largest absolute Gasteiger partial charge is 0.354 e. The zero-order valence-electron chi connectivity index (χ0n) is 28.1. The van der Waals surface area contributed by atoms with Crippen molar-refractivity contribution >= 4 is 84.0 Å². The molecule has 0 fully saturated rings. The summed E-state index contributed by atoms with van der Waals surface area (Å²) in [4.78, 5) is 38.8. The number of aryl methyl sites for hydroxylation is 2. The van der Waals surface area contributed by atoms with Gasteiger partial charge in [-0.15, -0.1) is 0 Å². The molecule has 3 aliphatic rings. The van der Waals surface area contributed by atoms with Crippen LogP contribution in [0.1, 0.15) is 18.7 Å². The maximum Gasteiger partial charge on any atom is 0.195 e. The maximum atomic E-state index is 4.50. The highest BCUT2D eigenvalue weighted by Gasteiger charge is 2.12. The second-order valence-electron chi connectivity index (χ2n) is 11.6. The third-order valence-corrected chi connectivity index (χ3v) is 8.73. The van der Waals surface area contributed by atoms with Crippen LogP contribution in [0, 0.1) is 13.8 Å². The van der Waals surface area contributed by atoms with Gasteiger partial charge in [-0.25, -0.2) is 4.98 Å². The quantitative estimate of drug-likeness (QED) is 0.142. The number of nitrogens with one attached hydrogen (secondary N) is 6. The van der Waals surface area contributed by atoms with E-state index in [-0.39, 0.29) is 7.43 Å². The van der Waals surface area contributed by atoms with E-state index >= 15 is 0 Å². The van der Waals surface area contributed by atoms with Gasteiger partial charge in [0.05, 0.1) is 63.1 Å². The number of aliphatic imine (C=N–C) groups is 3. The van der Waals surface area contributed by atoms with Crippen LogP contribution < -0.4 is 31.9 Å². The molecular formula is C36H40BrN15. The average Bonchev–Trinajstić information content (AvgIpc) is 3.98. The van der Waals surface area contributed by atoms with Crippen molar-refractivity contribution in [2.75, 3.05) is 55.2 Å². The molecule has 52 heavy (non-hydrogen) atoms. The van der Waals surface area contributed by atoms with Gasteiger partial charge >= 0.3 is 0 Å². The molecule has 0 spiro atoms. The summed E-state index contributed by atoms with van der Waals surface area (Å²) in [6.07, 6.45) is 8.57. The van der Waals surface area contributed by atoms with Crippen LogP contribution in [0.3, 0.4) is 0 Å². The van der Waals surface area contributed by atoms with Gasteiger partial charge in [0, 0.05) is 67.6 Å². The minimum absolute atomic E-state index is 0. The molecule has 0 saturated carbocycles. The molecule has 3 aromatic carbocycles. The molecule has 15 nitrogen and oxygen atoms in total. The van der Waals surface area contributed by atoms with E-state index in [1.165, 1.54) is 0 Å². The third-order valence-electron chi connectivity index (χ3n) is 7.93. The minimum Gasteiger partial charge on any atom is -0.354 e. The van der Waals surface area contributed by atoms with Crippen molar-refractivity contribution in [3.63, 3.8) is 0 Å². The van der Waals surface area contributed by atoms with E-state index in [4.69, 9.17) is 0 Å². The van der Waals surface area contributed by atoms with E-state index in [0.717, 1.165) is 123 Å². The van der Waals surface area contributed by atoms with Crippen LogP contribution in [0.2, 0.25) is 0 Å². The van der Waals surface area contributed by atoms with Crippen LogP contribution in [0.25, 0.3) is 33.1 Å². The molecule has 6 N–H and O–H groups in total. The molecule has 9 rings (SSSR count). The van der Waals surface area contributed by atoms with Gasteiger partial charge in [0.2, 0.25) is 0 Å². The molecule has 0 atom stereocenters. The van der Waals surface area contributed by atoms with Crippen LogP contribution in [0.15, 0.2) is 92.9 Å². The Morgan fingerprint density at radius 2 is 1.12 bits per heavy atom. The molecule has 0 saturated heterocycles. The van der Waals surface area contributed by atoms with Crippen molar-refractivity contribution in [1.82, 2.24) is 45.9 Å². The minimum atomic E-state index is 0. The lowest BCUT2D eigenvalue weighted by atomic mass is 10.1. The van der Waals surface area contributed by atoms with Crippen molar-refractivity contribution in [3.05, 3.63) is 89.2 Å². The van der Waals surface area contributed by atoms with Crippen molar-refractivity contribution in [1.29, 1.82) is 0 Å². The first kappa shape index (κ1) is 35.8. The topological polar surface area (TPSA) is 187 Å². The van der Waals surface area contributed by atoms with Gasteiger partial charge in [0.15, 0.2) is 17.9 Å². The first-order valence-corrected chi connectivity index (χ1v) is 17.3. The Hall–Kier alpha value is -6.03. The lowest BCUT2D eigenvalue weighted by Gasteiger charge is -2.10. The van der Waals surface area contributed by atoms with Crippen LogP contribution in [-0.2, 0) is 0 Å². The first-order valence-electron chi connectivity index (χ1n) is 16.5. The summed E-state index contributed by atoms with van der Waals surface area (Å²) in [5.74, 6) is 2.45. The fraction of sp³-hybridized carbons (Fsp3) is 0.250. The normalized spacial score (nSPS) is 14.2. The number of nitrogens with zero attached hydrogens (tertiary/aromatic N) is 9. The van der Waals surface area contributed by atoms with E-state index < -0.39 is 0 Å². The first-order chi connectivity index (χ1) is 25.0. The Morgan fingerprint density at radius 3 is 1.77 bits per heavy atom. The maximum absolute atomic E-state index is 4.50. The second-order valence-corrected chi connectivity index (χ2v) is 12.4. The summed E-state index contributed by atoms with van der Waals surface area (Å²) in [6.45, 7) is 9.12. The zero-order valence-corrected chi connectivity index (χ0v) is 29.7. The van der Waals surface area contributed by atoms with Gasteiger partial charge in [0.25, 0.3) is 0 Å². The number of benzene rings is 3. The van der Waals surface area contributed by atoms with Gasteiger partial charge in [-0.1, -0.05) is 7.43 Å². The van der Waals surface area contributed by atoms with E-state index in [2.05, 4.69) is 92.7 Å². The number of guanidine groups is 3. The second kappa shape index (κ2) is 16.8. The zero-order chi connectivity index (χ0) is 35.0. The van der Waals surface area contributed by atoms with Crippen LogP contribution in [-0.4, -0.2) is 87.1 Å². The van der Waals surface area contributed by atoms with Crippen LogP contribution in [0.4, 0.5) is 17.1 Å². The number of fused-ring (bicyclic) bond motifs is 3. The highest BCUT2D eigenvalue weighted by atomic mass is 79.9. The van der Waals surface area contributed by atoms with E-state index in [1.807, 2.05) is 56.3 Å².